The number of hydrogen-bond donors (Lipinski definition) is 2. The van der Waals surface area contributed by atoms with E-state index in [1.54, 1.807) is 0 Å². The fraction of sp³-hybridized carbons (Fsp3) is 0.929. The minimum absolute atomic E-state index is 0.0929. The predicted octanol–water partition coefficient (Wildman–Crippen LogP) is 1.28. The van der Waals surface area contributed by atoms with Crippen LogP contribution >= 0.6 is 0 Å². The lowest BCUT2D eigenvalue weighted by Crippen LogP contribution is -2.50. The van der Waals surface area contributed by atoms with Crippen molar-refractivity contribution in [2.75, 3.05) is 13.2 Å². The molecule has 2 fully saturated rings. The second-order valence-electron chi connectivity index (χ2n) is 5.76. The Morgan fingerprint density at radius 3 is 2.67 bits per heavy atom. The minimum Gasteiger partial charge on any atom is -0.396 e. The van der Waals surface area contributed by atoms with Crippen molar-refractivity contribution in [1.29, 1.82) is 0 Å². The number of carbonyl (C=O) groups excluding carboxylic acids is 1. The third-order valence-corrected chi connectivity index (χ3v) is 4.36. The number of nitrogens with one attached hydrogen (secondary N) is 1. The van der Waals surface area contributed by atoms with Crippen LogP contribution in [-0.2, 0) is 4.79 Å². The summed E-state index contributed by atoms with van der Waals surface area (Å²) in [5, 5.41) is 12.3. The topological polar surface area (TPSA) is 52.6 Å². The van der Waals surface area contributed by atoms with Crippen LogP contribution in [0.1, 0.15) is 51.9 Å². The third-order valence-electron chi connectivity index (χ3n) is 4.36. The molecular weight excluding hydrogens is 228 g/mol. The maximum atomic E-state index is 12.2. The molecule has 0 spiro atoms. The molecule has 1 aliphatic carbocycles. The summed E-state index contributed by atoms with van der Waals surface area (Å²) in [4.78, 5) is 14.6. The zero-order chi connectivity index (χ0) is 13.0. The molecule has 2 unspecified atom stereocenters. The van der Waals surface area contributed by atoms with Crippen LogP contribution in [0.4, 0.5) is 0 Å². The van der Waals surface area contributed by atoms with Crippen LogP contribution in [-0.4, -0.2) is 47.2 Å². The van der Waals surface area contributed by atoms with E-state index >= 15 is 0 Å². The van der Waals surface area contributed by atoms with Crippen LogP contribution in [0.5, 0.6) is 0 Å². The summed E-state index contributed by atoms with van der Waals surface area (Å²) in [7, 11) is 0. The Morgan fingerprint density at radius 2 is 2.00 bits per heavy atom. The van der Waals surface area contributed by atoms with Crippen molar-refractivity contribution in [1.82, 2.24) is 10.2 Å². The average molecular weight is 254 g/mol. The Kier molecular flexibility index (Phi) is 5.01. The first-order chi connectivity index (χ1) is 8.72. The van der Waals surface area contributed by atoms with E-state index in [1.165, 1.54) is 32.1 Å². The first kappa shape index (κ1) is 13.8. The Morgan fingerprint density at radius 1 is 1.28 bits per heavy atom. The van der Waals surface area contributed by atoms with Gasteiger partial charge in [0.15, 0.2) is 0 Å². The molecule has 0 aromatic heterocycles. The van der Waals surface area contributed by atoms with E-state index in [-0.39, 0.29) is 24.6 Å². The molecular formula is C14H26N2O2. The first-order valence-corrected chi connectivity index (χ1v) is 7.39. The van der Waals surface area contributed by atoms with Crippen LogP contribution in [0, 0.1) is 0 Å². The van der Waals surface area contributed by atoms with Gasteiger partial charge in [-0.2, -0.15) is 0 Å². The lowest BCUT2D eigenvalue weighted by Gasteiger charge is -2.37. The molecule has 104 valence electrons. The van der Waals surface area contributed by atoms with Gasteiger partial charge in [0.2, 0.25) is 5.91 Å². The van der Waals surface area contributed by atoms with Crippen molar-refractivity contribution in [2.45, 2.75) is 70.0 Å². The monoisotopic (exact) mass is 254 g/mol. The molecule has 4 nitrogen and oxygen atoms in total. The van der Waals surface area contributed by atoms with Crippen LogP contribution in [0.15, 0.2) is 0 Å². The van der Waals surface area contributed by atoms with Gasteiger partial charge in [-0.05, 0) is 32.6 Å². The highest BCUT2D eigenvalue weighted by atomic mass is 16.3. The van der Waals surface area contributed by atoms with Gasteiger partial charge in [0.05, 0.1) is 6.04 Å². The Bertz CT molecular complexity index is 277. The summed E-state index contributed by atoms with van der Waals surface area (Å²) in [5.74, 6) is 0.111. The normalized spacial score (nSPS) is 32.0. The SMILES string of the molecule is CC1CCN(C2CCCCC2)C(CCO)C(=O)N1. The Balaban J connectivity index is 2.08. The van der Waals surface area contributed by atoms with Crippen molar-refractivity contribution in [3.8, 4) is 0 Å². The van der Waals surface area contributed by atoms with Crippen molar-refractivity contribution in [2.24, 2.45) is 0 Å². The molecule has 1 aliphatic heterocycles. The van der Waals surface area contributed by atoms with Gasteiger partial charge < -0.3 is 10.4 Å². The zero-order valence-corrected chi connectivity index (χ0v) is 11.4. The molecule has 2 aliphatic rings. The summed E-state index contributed by atoms with van der Waals surface area (Å²) >= 11 is 0. The predicted molar refractivity (Wildman–Crippen MR) is 71.3 cm³/mol. The van der Waals surface area contributed by atoms with E-state index in [0.29, 0.717) is 12.5 Å². The van der Waals surface area contributed by atoms with Crippen LogP contribution < -0.4 is 5.32 Å². The standard InChI is InChI=1S/C14H26N2O2/c1-11-7-9-16(12-5-3-2-4-6-12)13(8-10-17)14(18)15-11/h11-13,17H,2-10H2,1H3,(H,15,18). The van der Waals surface area contributed by atoms with Crippen molar-refractivity contribution in [3.05, 3.63) is 0 Å². The number of nitrogens with zero attached hydrogens (tertiary/aromatic N) is 1. The second-order valence-corrected chi connectivity index (χ2v) is 5.76. The molecule has 0 aromatic carbocycles. The van der Waals surface area contributed by atoms with Crippen LogP contribution in [0.25, 0.3) is 0 Å². The van der Waals surface area contributed by atoms with Gasteiger partial charge in [0, 0.05) is 25.2 Å². The lowest BCUT2D eigenvalue weighted by atomic mass is 9.92. The van der Waals surface area contributed by atoms with E-state index in [0.717, 1.165) is 13.0 Å². The van der Waals surface area contributed by atoms with Gasteiger partial charge in [0.1, 0.15) is 0 Å². The molecule has 0 bridgehead atoms. The number of aliphatic hydroxyl groups is 1. The average Bonchev–Trinajstić information content (AvgIpc) is 2.51. The maximum Gasteiger partial charge on any atom is 0.237 e. The minimum atomic E-state index is -0.122. The summed E-state index contributed by atoms with van der Waals surface area (Å²) in [6, 6.07) is 0.682. The Hall–Kier alpha value is -0.610. The number of amides is 1. The van der Waals surface area contributed by atoms with Gasteiger partial charge >= 0.3 is 0 Å². The molecule has 2 N–H and O–H groups in total. The molecule has 0 aromatic rings. The van der Waals surface area contributed by atoms with Crippen molar-refractivity contribution in [3.63, 3.8) is 0 Å². The maximum absolute atomic E-state index is 12.2. The van der Waals surface area contributed by atoms with E-state index < -0.39 is 0 Å². The highest BCUT2D eigenvalue weighted by Crippen LogP contribution is 2.26. The molecule has 0 radical (unpaired) electrons. The second kappa shape index (κ2) is 6.53. The van der Waals surface area contributed by atoms with Gasteiger partial charge in [-0.25, -0.2) is 0 Å². The number of carbonyl (C=O) groups is 1. The van der Waals surface area contributed by atoms with E-state index in [1.807, 2.05) is 0 Å². The summed E-state index contributed by atoms with van der Waals surface area (Å²) in [6.07, 6.45) is 7.90. The van der Waals surface area contributed by atoms with E-state index in [9.17, 15) is 9.90 Å². The van der Waals surface area contributed by atoms with E-state index in [2.05, 4.69) is 17.1 Å². The van der Waals surface area contributed by atoms with Crippen molar-refractivity contribution >= 4 is 5.91 Å². The summed E-state index contributed by atoms with van der Waals surface area (Å²) < 4.78 is 0. The zero-order valence-electron chi connectivity index (χ0n) is 11.4. The van der Waals surface area contributed by atoms with Gasteiger partial charge in [-0.1, -0.05) is 19.3 Å². The van der Waals surface area contributed by atoms with E-state index in [4.69, 9.17) is 0 Å². The van der Waals surface area contributed by atoms with Gasteiger partial charge in [-0.3, -0.25) is 9.69 Å². The first-order valence-electron chi connectivity index (χ1n) is 7.39. The highest BCUT2D eigenvalue weighted by molar-refractivity contribution is 5.82. The fourth-order valence-corrected chi connectivity index (χ4v) is 3.33. The van der Waals surface area contributed by atoms with Crippen LogP contribution in [0.2, 0.25) is 0 Å². The molecule has 4 heteroatoms. The third kappa shape index (κ3) is 3.23. The molecule has 1 saturated heterocycles. The molecule has 2 atom stereocenters. The summed E-state index contributed by atoms with van der Waals surface area (Å²) in [6.45, 7) is 3.14. The molecule has 1 saturated carbocycles. The molecule has 2 rings (SSSR count). The highest BCUT2D eigenvalue weighted by Gasteiger charge is 2.34. The quantitative estimate of drug-likeness (QED) is 0.798. The molecule has 18 heavy (non-hydrogen) atoms. The van der Waals surface area contributed by atoms with Gasteiger partial charge in [0.25, 0.3) is 0 Å². The number of hydrogen-bond acceptors (Lipinski definition) is 3. The van der Waals surface area contributed by atoms with Gasteiger partial charge in [-0.15, -0.1) is 0 Å². The molecule has 1 amide bonds. The van der Waals surface area contributed by atoms with Crippen LogP contribution in [0.3, 0.4) is 0 Å². The molecule has 1 heterocycles. The fourth-order valence-electron chi connectivity index (χ4n) is 3.33. The lowest BCUT2D eigenvalue weighted by molar-refractivity contribution is -0.127. The number of aliphatic hydroxyl groups excluding tert-OH is 1. The smallest absolute Gasteiger partial charge is 0.237 e. The number of rotatable bonds is 3. The Labute approximate surface area is 110 Å². The van der Waals surface area contributed by atoms with Crippen molar-refractivity contribution < 1.29 is 9.90 Å². The summed E-state index contributed by atoms with van der Waals surface area (Å²) in [5.41, 5.74) is 0. The largest absolute Gasteiger partial charge is 0.396 e.